The maximum Gasteiger partial charge on any atom is 0.253 e. The lowest BCUT2D eigenvalue weighted by Gasteiger charge is -2.27. The highest BCUT2D eigenvalue weighted by Gasteiger charge is 2.30. The van der Waals surface area contributed by atoms with Gasteiger partial charge < -0.3 is 26.4 Å². The van der Waals surface area contributed by atoms with Gasteiger partial charge in [-0.25, -0.2) is 8.78 Å². The maximum atomic E-state index is 13.9. The van der Waals surface area contributed by atoms with Crippen molar-refractivity contribution in [3.05, 3.63) is 71.3 Å². The number of nitrogens with two attached hydrogens (primary N) is 2. The van der Waals surface area contributed by atoms with Gasteiger partial charge in [0.15, 0.2) is 0 Å². The Kier molecular flexibility index (Phi) is 9.09. The van der Waals surface area contributed by atoms with Crippen LogP contribution in [0.4, 0.5) is 8.78 Å². The fraction of sp³-hybridized carbons (Fsp3) is 0.440. The molecule has 3 atom stereocenters. The number of hydrogen-bond acceptors (Lipinski definition) is 5. The molecule has 1 heterocycles. The van der Waals surface area contributed by atoms with Crippen LogP contribution >= 0.6 is 0 Å². The number of aliphatic hydroxyl groups excluding tert-OH is 1. The minimum atomic E-state index is -1.34. The van der Waals surface area contributed by atoms with Gasteiger partial charge in [0.2, 0.25) is 5.91 Å². The molecule has 1 fully saturated rings. The van der Waals surface area contributed by atoms with E-state index >= 15 is 0 Å². The number of rotatable bonds is 8. The van der Waals surface area contributed by atoms with E-state index in [2.05, 4.69) is 0 Å². The third kappa shape index (κ3) is 7.06. The molecule has 184 valence electrons. The molecule has 7 nitrogen and oxygen atoms in total. The summed E-state index contributed by atoms with van der Waals surface area (Å²) in [5.74, 6) is -1.77. The lowest BCUT2D eigenvalue weighted by molar-refractivity contribution is -0.141. The molecule has 5 N–H and O–H groups in total. The second-order valence-electron chi connectivity index (χ2n) is 8.76. The summed E-state index contributed by atoms with van der Waals surface area (Å²) < 4.78 is 27.2. The molecule has 34 heavy (non-hydrogen) atoms. The predicted octanol–water partition coefficient (Wildman–Crippen LogP) is 1.22. The minimum absolute atomic E-state index is 0.0194. The van der Waals surface area contributed by atoms with E-state index in [4.69, 9.17) is 11.5 Å². The average Bonchev–Trinajstić information content (AvgIpc) is 3.07. The maximum absolute atomic E-state index is 13.9. The van der Waals surface area contributed by atoms with Crippen molar-refractivity contribution in [1.29, 1.82) is 0 Å². The highest BCUT2D eigenvalue weighted by atomic mass is 19.1. The quantitative estimate of drug-likeness (QED) is 0.533. The van der Waals surface area contributed by atoms with Crippen LogP contribution in [0.15, 0.2) is 48.5 Å². The van der Waals surface area contributed by atoms with Gasteiger partial charge in [-0.2, -0.15) is 0 Å². The monoisotopic (exact) mass is 474 g/mol. The van der Waals surface area contributed by atoms with Crippen LogP contribution in [-0.4, -0.2) is 71.1 Å². The molecular formula is C25H32F2N4O3. The minimum Gasteiger partial charge on any atom is -0.382 e. The second kappa shape index (κ2) is 12.0. The van der Waals surface area contributed by atoms with Gasteiger partial charge in [-0.15, -0.1) is 0 Å². The van der Waals surface area contributed by atoms with Crippen LogP contribution in [0, 0.1) is 11.6 Å². The van der Waals surface area contributed by atoms with Crippen LogP contribution in [0.25, 0.3) is 0 Å². The van der Waals surface area contributed by atoms with Crippen LogP contribution in [0.2, 0.25) is 0 Å². The fourth-order valence-corrected chi connectivity index (χ4v) is 4.16. The van der Waals surface area contributed by atoms with Gasteiger partial charge in [0, 0.05) is 44.7 Å². The number of aliphatic hydroxyl groups is 1. The number of hydrogen-bond donors (Lipinski definition) is 3. The molecule has 3 unspecified atom stereocenters. The highest BCUT2D eigenvalue weighted by molar-refractivity contribution is 5.82. The lowest BCUT2D eigenvalue weighted by atomic mass is 10.0. The Bertz CT molecular complexity index is 976. The number of halogens is 2. The molecule has 9 heteroatoms. The third-order valence-corrected chi connectivity index (χ3v) is 6.06. The molecular weight excluding hydrogens is 442 g/mol. The van der Waals surface area contributed by atoms with E-state index in [1.54, 1.807) is 4.90 Å². The number of nitrogens with zero attached hydrogens (tertiary/aromatic N) is 2. The Morgan fingerprint density at radius 2 is 1.62 bits per heavy atom. The molecule has 2 amide bonds. The van der Waals surface area contributed by atoms with E-state index in [1.807, 2.05) is 30.3 Å². The largest absolute Gasteiger partial charge is 0.382 e. The highest BCUT2D eigenvalue weighted by Crippen LogP contribution is 2.14. The summed E-state index contributed by atoms with van der Waals surface area (Å²) >= 11 is 0. The van der Waals surface area contributed by atoms with Crippen LogP contribution in [0.1, 0.15) is 24.0 Å². The smallest absolute Gasteiger partial charge is 0.253 e. The van der Waals surface area contributed by atoms with E-state index in [0.717, 1.165) is 23.8 Å². The number of carbonyl (C=O) groups excluding carboxylic acids is 2. The SMILES string of the molecule is NC(CC(=O)N1CCCN(C(=O)C(O)C(N)Cc2ccccc2)CC1)Cc1cc(F)ccc1F. The van der Waals surface area contributed by atoms with Crippen LogP contribution < -0.4 is 11.5 Å². The van der Waals surface area contributed by atoms with E-state index in [-0.39, 0.29) is 30.9 Å². The Hall–Kier alpha value is -2.88. The summed E-state index contributed by atoms with van der Waals surface area (Å²) in [5, 5.41) is 10.5. The number of amides is 2. The Morgan fingerprint density at radius 3 is 2.35 bits per heavy atom. The van der Waals surface area contributed by atoms with Crippen molar-refractivity contribution in [1.82, 2.24) is 9.80 Å². The lowest BCUT2D eigenvalue weighted by Crippen LogP contribution is -2.50. The summed E-state index contributed by atoms with van der Waals surface area (Å²) in [5.41, 5.74) is 13.2. The molecule has 0 bridgehead atoms. The van der Waals surface area contributed by atoms with Crippen LogP contribution in [-0.2, 0) is 22.4 Å². The fourth-order valence-electron chi connectivity index (χ4n) is 4.16. The van der Waals surface area contributed by atoms with Gasteiger partial charge in [-0.3, -0.25) is 9.59 Å². The molecule has 0 radical (unpaired) electrons. The van der Waals surface area contributed by atoms with Gasteiger partial charge in [-0.05, 0) is 48.6 Å². The van der Waals surface area contributed by atoms with Gasteiger partial charge >= 0.3 is 0 Å². The summed E-state index contributed by atoms with van der Waals surface area (Å²) in [6.07, 6.45) is -0.396. The Balaban J connectivity index is 1.50. The zero-order chi connectivity index (χ0) is 24.7. The van der Waals surface area contributed by atoms with E-state index in [1.165, 1.54) is 4.90 Å². The normalized spacial score (nSPS) is 17.1. The average molecular weight is 475 g/mol. The van der Waals surface area contributed by atoms with E-state index in [0.29, 0.717) is 32.5 Å². The molecule has 1 aliphatic heterocycles. The first-order valence-electron chi connectivity index (χ1n) is 11.5. The van der Waals surface area contributed by atoms with Crippen molar-refractivity contribution in [3.8, 4) is 0 Å². The van der Waals surface area contributed by atoms with Crippen molar-refractivity contribution in [3.63, 3.8) is 0 Å². The van der Waals surface area contributed by atoms with E-state index in [9.17, 15) is 23.5 Å². The topological polar surface area (TPSA) is 113 Å². The predicted molar refractivity (Wildman–Crippen MR) is 125 cm³/mol. The van der Waals surface area contributed by atoms with Crippen LogP contribution in [0.3, 0.4) is 0 Å². The molecule has 2 aromatic rings. The van der Waals surface area contributed by atoms with E-state index < -0.39 is 35.7 Å². The van der Waals surface area contributed by atoms with Crippen LogP contribution in [0.5, 0.6) is 0 Å². The molecule has 0 saturated carbocycles. The molecule has 0 aromatic heterocycles. The van der Waals surface area contributed by atoms with Crippen molar-refractivity contribution >= 4 is 11.8 Å². The number of carbonyl (C=O) groups is 2. The molecule has 0 spiro atoms. The van der Waals surface area contributed by atoms with Gasteiger partial charge in [0.1, 0.15) is 17.7 Å². The first-order chi connectivity index (χ1) is 16.2. The number of benzene rings is 2. The van der Waals surface area contributed by atoms with Crippen molar-refractivity contribution in [2.24, 2.45) is 11.5 Å². The zero-order valence-corrected chi connectivity index (χ0v) is 19.1. The molecule has 1 aliphatic rings. The summed E-state index contributed by atoms with van der Waals surface area (Å²) in [7, 11) is 0. The third-order valence-electron chi connectivity index (χ3n) is 6.06. The first-order valence-corrected chi connectivity index (χ1v) is 11.5. The molecule has 1 saturated heterocycles. The standard InChI is InChI=1S/C25H32F2N4O3/c26-19-7-8-21(27)18(14-19)15-20(28)16-23(32)30-9-4-10-31(12-11-30)25(34)24(33)22(29)13-17-5-2-1-3-6-17/h1-3,5-8,14,20,22,24,33H,4,9-13,15-16,28-29H2. The Morgan fingerprint density at radius 1 is 0.941 bits per heavy atom. The van der Waals surface area contributed by atoms with Crippen molar-refractivity contribution in [2.75, 3.05) is 26.2 Å². The summed E-state index contributed by atoms with van der Waals surface area (Å²) in [6, 6.07) is 11.2. The molecule has 2 aromatic carbocycles. The Labute approximate surface area is 198 Å². The first kappa shape index (κ1) is 25.7. The van der Waals surface area contributed by atoms with Gasteiger partial charge in [-0.1, -0.05) is 30.3 Å². The summed E-state index contributed by atoms with van der Waals surface area (Å²) in [4.78, 5) is 28.7. The summed E-state index contributed by atoms with van der Waals surface area (Å²) in [6.45, 7) is 1.41. The van der Waals surface area contributed by atoms with Gasteiger partial charge in [0.05, 0.1) is 0 Å². The van der Waals surface area contributed by atoms with Crippen molar-refractivity contribution in [2.45, 2.75) is 43.9 Å². The van der Waals surface area contributed by atoms with Crippen molar-refractivity contribution < 1.29 is 23.5 Å². The zero-order valence-electron chi connectivity index (χ0n) is 19.1. The molecule has 3 rings (SSSR count). The second-order valence-corrected chi connectivity index (χ2v) is 8.76. The molecule has 0 aliphatic carbocycles. The van der Waals surface area contributed by atoms with Gasteiger partial charge in [0.25, 0.3) is 5.91 Å².